The number of hydrogen-bond donors (Lipinski definition) is 2. The summed E-state index contributed by atoms with van der Waals surface area (Å²) in [5.41, 5.74) is 0.880. The molecule has 0 bridgehead atoms. The standard InChI is InChI=1S/C20H19N3O3S/c24-17(14-7-3-1-4-8-14)21-18-22-20(15-9-5-2-6-10-15)13-23(19(25)26)11-16(20)12-27-18/h1-10,16H,11-13H2,(H,25,26)(H,21,22,24)/t16-,20?/m0/s1. The van der Waals surface area contributed by atoms with Crippen molar-refractivity contribution in [1.82, 2.24) is 10.2 Å². The average molecular weight is 381 g/mol. The van der Waals surface area contributed by atoms with Gasteiger partial charge in [-0.15, -0.1) is 0 Å². The minimum Gasteiger partial charge on any atom is -0.465 e. The lowest BCUT2D eigenvalue weighted by Gasteiger charge is -2.35. The van der Waals surface area contributed by atoms with Crippen molar-refractivity contribution in [3.8, 4) is 0 Å². The van der Waals surface area contributed by atoms with Gasteiger partial charge in [-0.25, -0.2) is 9.79 Å². The van der Waals surface area contributed by atoms with Crippen LogP contribution in [0.15, 0.2) is 65.7 Å². The van der Waals surface area contributed by atoms with Crippen LogP contribution < -0.4 is 5.32 Å². The molecule has 0 aromatic heterocycles. The predicted molar refractivity (Wildman–Crippen MR) is 105 cm³/mol. The second-order valence-electron chi connectivity index (χ2n) is 6.70. The lowest BCUT2D eigenvalue weighted by atomic mass is 9.82. The SMILES string of the molecule is O=C(NC1=NC2(c3ccccc3)CN(C(=O)O)C[C@H]2CS1)c1ccccc1. The van der Waals surface area contributed by atoms with Crippen molar-refractivity contribution < 1.29 is 14.7 Å². The van der Waals surface area contributed by atoms with Crippen molar-refractivity contribution in [3.05, 3.63) is 71.8 Å². The molecule has 1 fully saturated rings. The number of carbonyl (C=O) groups is 2. The van der Waals surface area contributed by atoms with Crippen molar-refractivity contribution in [2.24, 2.45) is 10.9 Å². The number of hydrogen-bond acceptors (Lipinski definition) is 4. The fraction of sp³-hybridized carbons (Fsp3) is 0.250. The fourth-order valence-corrected chi connectivity index (χ4v) is 4.83. The summed E-state index contributed by atoms with van der Waals surface area (Å²) in [5.74, 6) is 0.557. The minimum absolute atomic E-state index is 0.0679. The Morgan fingerprint density at radius 3 is 2.44 bits per heavy atom. The van der Waals surface area contributed by atoms with Crippen molar-refractivity contribution in [1.29, 1.82) is 0 Å². The number of amidine groups is 1. The van der Waals surface area contributed by atoms with E-state index in [4.69, 9.17) is 4.99 Å². The van der Waals surface area contributed by atoms with E-state index in [9.17, 15) is 14.7 Å². The number of carbonyl (C=O) groups excluding carboxylic acids is 1. The highest BCUT2D eigenvalue weighted by Crippen LogP contribution is 2.45. The number of fused-ring (bicyclic) bond motifs is 1. The summed E-state index contributed by atoms with van der Waals surface area (Å²) >= 11 is 1.47. The number of thioether (sulfide) groups is 1. The van der Waals surface area contributed by atoms with Gasteiger partial charge in [0.1, 0.15) is 5.54 Å². The Bertz CT molecular complexity index is 888. The third kappa shape index (κ3) is 3.30. The highest BCUT2D eigenvalue weighted by molar-refractivity contribution is 8.13. The zero-order chi connectivity index (χ0) is 18.9. The Balaban J connectivity index is 1.68. The molecule has 2 aliphatic heterocycles. The summed E-state index contributed by atoms with van der Waals surface area (Å²) in [4.78, 5) is 30.4. The molecule has 2 heterocycles. The van der Waals surface area contributed by atoms with Crippen LogP contribution in [0.5, 0.6) is 0 Å². The molecule has 0 radical (unpaired) electrons. The van der Waals surface area contributed by atoms with Crippen LogP contribution in [0.3, 0.4) is 0 Å². The molecule has 27 heavy (non-hydrogen) atoms. The number of rotatable bonds is 2. The first-order chi connectivity index (χ1) is 13.1. The van der Waals surface area contributed by atoms with E-state index in [1.807, 2.05) is 48.5 Å². The molecular formula is C20H19N3O3S. The summed E-state index contributed by atoms with van der Waals surface area (Å²) in [6, 6.07) is 18.7. The maximum absolute atomic E-state index is 12.5. The maximum atomic E-state index is 12.5. The highest BCUT2D eigenvalue weighted by atomic mass is 32.2. The highest BCUT2D eigenvalue weighted by Gasteiger charge is 2.51. The van der Waals surface area contributed by atoms with Crippen LogP contribution >= 0.6 is 11.8 Å². The Hall–Kier alpha value is -2.80. The molecule has 2 aromatic rings. The van der Waals surface area contributed by atoms with Gasteiger partial charge in [-0.3, -0.25) is 4.79 Å². The number of nitrogens with one attached hydrogen (secondary N) is 1. The van der Waals surface area contributed by atoms with Gasteiger partial charge in [0.2, 0.25) is 0 Å². The number of likely N-dealkylation sites (tertiary alicyclic amines) is 1. The zero-order valence-corrected chi connectivity index (χ0v) is 15.4. The molecule has 0 saturated carbocycles. The molecule has 0 spiro atoms. The Kier molecular flexibility index (Phi) is 4.61. The molecule has 138 valence electrons. The summed E-state index contributed by atoms with van der Waals surface area (Å²) in [6.07, 6.45) is -0.935. The minimum atomic E-state index is -0.935. The van der Waals surface area contributed by atoms with Crippen molar-refractivity contribution in [2.45, 2.75) is 5.54 Å². The monoisotopic (exact) mass is 381 g/mol. The summed E-state index contributed by atoms with van der Waals surface area (Å²) in [5, 5.41) is 12.9. The molecule has 0 aliphatic carbocycles. The molecule has 1 saturated heterocycles. The predicted octanol–water partition coefficient (Wildman–Crippen LogP) is 3.02. The molecule has 2 atom stereocenters. The molecule has 1 unspecified atom stereocenters. The molecule has 4 rings (SSSR count). The van der Waals surface area contributed by atoms with Gasteiger partial charge in [-0.05, 0) is 17.7 Å². The van der Waals surface area contributed by atoms with Crippen LogP contribution in [0.25, 0.3) is 0 Å². The van der Waals surface area contributed by atoms with Gasteiger partial charge in [0, 0.05) is 23.8 Å². The zero-order valence-electron chi connectivity index (χ0n) is 14.5. The van der Waals surface area contributed by atoms with Crippen LogP contribution in [0.1, 0.15) is 15.9 Å². The van der Waals surface area contributed by atoms with Gasteiger partial charge in [0.25, 0.3) is 5.91 Å². The Morgan fingerprint density at radius 1 is 1.11 bits per heavy atom. The lowest BCUT2D eigenvalue weighted by molar-refractivity contribution is 0.0977. The van der Waals surface area contributed by atoms with E-state index in [-0.39, 0.29) is 11.8 Å². The van der Waals surface area contributed by atoms with Crippen molar-refractivity contribution in [2.75, 3.05) is 18.8 Å². The average Bonchev–Trinajstić information content (AvgIpc) is 3.10. The van der Waals surface area contributed by atoms with Crippen molar-refractivity contribution in [3.63, 3.8) is 0 Å². The first kappa shape index (κ1) is 17.6. The van der Waals surface area contributed by atoms with E-state index in [1.165, 1.54) is 16.7 Å². The molecule has 6 nitrogen and oxygen atoms in total. The summed E-state index contributed by atoms with van der Waals surface area (Å²) in [7, 11) is 0. The fourth-order valence-electron chi connectivity index (χ4n) is 3.70. The van der Waals surface area contributed by atoms with Crippen LogP contribution in [-0.2, 0) is 5.54 Å². The number of amides is 2. The quantitative estimate of drug-likeness (QED) is 0.838. The maximum Gasteiger partial charge on any atom is 0.407 e. The largest absolute Gasteiger partial charge is 0.465 e. The molecule has 2 amide bonds. The Labute approximate surface area is 161 Å². The normalized spacial score (nSPS) is 24.1. The van der Waals surface area contributed by atoms with Gasteiger partial charge >= 0.3 is 6.09 Å². The van der Waals surface area contributed by atoms with Gasteiger partial charge in [-0.1, -0.05) is 60.3 Å². The van der Waals surface area contributed by atoms with Crippen LogP contribution in [0.4, 0.5) is 4.79 Å². The number of aliphatic imine (C=N–C) groups is 1. The number of carboxylic acid groups (broad SMARTS) is 1. The molecule has 2 aromatic carbocycles. The van der Waals surface area contributed by atoms with Gasteiger partial charge in [0.05, 0.1) is 6.54 Å². The topological polar surface area (TPSA) is 82.0 Å². The smallest absolute Gasteiger partial charge is 0.407 e. The Morgan fingerprint density at radius 2 is 1.78 bits per heavy atom. The van der Waals surface area contributed by atoms with Gasteiger partial charge in [0.15, 0.2) is 5.17 Å². The molecular weight excluding hydrogens is 362 g/mol. The van der Waals surface area contributed by atoms with E-state index in [0.717, 1.165) is 5.56 Å². The number of benzene rings is 2. The lowest BCUT2D eigenvalue weighted by Crippen LogP contribution is -2.42. The van der Waals surface area contributed by atoms with Crippen LogP contribution in [0.2, 0.25) is 0 Å². The second-order valence-corrected chi connectivity index (χ2v) is 7.71. The van der Waals surface area contributed by atoms with E-state index in [2.05, 4.69) is 5.32 Å². The molecule has 2 N–H and O–H groups in total. The first-order valence-electron chi connectivity index (χ1n) is 8.71. The second kappa shape index (κ2) is 7.08. The summed E-state index contributed by atoms with van der Waals surface area (Å²) < 4.78 is 0. The van der Waals surface area contributed by atoms with Gasteiger partial charge in [-0.2, -0.15) is 0 Å². The third-order valence-electron chi connectivity index (χ3n) is 5.07. The molecule has 7 heteroatoms. The third-order valence-corrected chi connectivity index (χ3v) is 6.11. The summed E-state index contributed by atoms with van der Waals surface area (Å²) in [6.45, 7) is 0.739. The van der Waals surface area contributed by atoms with E-state index in [1.54, 1.807) is 12.1 Å². The van der Waals surface area contributed by atoms with Gasteiger partial charge < -0.3 is 15.3 Å². The van der Waals surface area contributed by atoms with Crippen LogP contribution in [-0.4, -0.2) is 46.0 Å². The number of nitrogens with zero attached hydrogens (tertiary/aromatic N) is 2. The first-order valence-corrected chi connectivity index (χ1v) is 9.69. The van der Waals surface area contributed by atoms with E-state index in [0.29, 0.717) is 29.6 Å². The van der Waals surface area contributed by atoms with Crippen molar-refractivity contribution >= 4 is 28.9 Å². The van der Waals surface area contributed by atoms with E-state index >= 15 is 0 Å². The molecule has 2 aliphatic rings. The van der Waals surface area contributed by atoms with E-state index < -0.39 is 11.6 Å². The van der Waals surface area contributed by atoms with Crippen LogP contribution in [0, 0.1) is 5.92 Å².